The van der Waals surface area contributed by atoms with Gasteiger partial charge in [-0.1, -0.05) is 72.3 Å². The van der Waals surface area contributed by atoms with Gasteiger partial charge >= 0.3 is 0 Å². The molecule has 1 saturated heterocycles. The van der Waals surface area contributed by atoms with Crippen LogP contribution in [0.4, 0.5) is 4.79 Å². The minimum absolute atomic E-state index is 0.246. The molecule has 37 heavy (non-hydrogen) atoms. The molecule has 0 radical (unpaired) electrons. The minimum atomic E-state index is -0.304. The molecule has 1 fully saturated rings. The lowest BCUT2D eigenvalue weighted by atomic mass is 10.1. The molecule has 0 N–H and O–H groups in total. The number of ether oxygens (including phenoxy) is 2. The first-order valence-corrected chi connectivity index (χ1v) is 13.3. The van der Waals surface area contributed by atoms with Gasteiger partial charge in [-0.3, -0.25) is 14.5 Å². The van der Waals surface area contributed by atoms with Crippen molar-refractivity contribution in [1.82, 2.24) is 4.90 Å². The van der Waals surface area contributed by atoms with E-state index in [1.165, 1.54) is 4.90 Å². The van der Waals surface area contributed by atoms with Crippen LogP contribution >= 0.6 is 27.7 Å². The summed E-state index contributed by atoms with van der Waals surface area (Å²) in [5.41, 5.74) is 3.83. The van der Waals surface area contributed by atoms with Crippen LogP contribution in [-0.4, -0.2) is 23.2 Å². The Labute approximate surface area is 228 Å². The highest BCUT2D eigenvalue weighted by Crippen LogP contribution is 2.40. The number of amides is 2. The van der Waals surface area contributed by atoms with Crippen molar-refractivity contribution < 1.29 is 19.1 Å². The van der Waals surface area contributed by atoms with Gasteiger partial charge in [-0.25, -0.2) is 0 Å². The fourth-order valence-corrected chi connectivity index (χ4v) is 5.61. The smallest absolute Gasteiger partial charge is 0.293 e. The summed E-state index contributed by atoms with van der Waals surface area (Å²) in [4.78, 5) is 27.2. The molecule has 4 aromatic carbocycles. The van der Waals surface area contributed by atoms with Gasteiger partial charge in [-0.05, 0) is 80.3 Å². The number of hydrogen-bond donors (Lipinski definition) is 0. The number of benzene rings is 4. The molecule has 5 nitrogen and oxygen atoms in total. The normalized spacial score (nSPS) is 14.6. The predicted molar refractivity (Wildman–Crippen MR) is 152 cm³/mol. The maximum atomic E-state index is 13.0. The summed E-state index contributed by atoms with van der Waals surface area (Å²) in [6.45, 7) is 2.61. The summed E-state index contributed by atoms with van der Waals surface area (Å²) in [6, 6.07) is 25.8. The second-order valence-corrected chi connectivity index (χ2v) is 10.6. The fourth-order valence-electron chi connectivity index (χ4n) is 4.20. The number of imide groups is 1. The van der Waals surface area contributed by atoms with Gasteiger partial charge in [0, 0.05) is 0 Å². The van der Waals surface area contributed by atoms with Gasteiger partial charge in [0.25, 0.3) is 11.1 Å². The van der Waals surface area contributed by atoms with Gasteiger partial charge < -0.3 is 9.47 Å². The third-order valence-electron chi connectivity index (χ3n) is 6.14. The first kappa shape index (κ1) is 25.1. The Morgan fingerprint density at radius 2 is 1.73 bits per heavy atom. The molecule has 4 aromatic rings. The second kappa shape index (κ2) is 10.8. The number of thioether (sulfide) groups is 1. The lowest BCUT2D eigenvalue weighted by molar-refractivity contribution is -0.123. The summed E-state index contributed by atoms with van der Waals surface area (Å²) in [7, 11) is 1.58. The zero-order chi connectivity index (χ0) is 25.9. The van der Waals surface area contributed by atoms with Crippen LogP contribution in [0, 0.1) is 6.92 Å². The van der Waals surface area contributed by atoms with Crippen LogP contribution < -0.4 is 9.47 Å². The predicted octanol–water partition coefficient (Wildman–Crippen LogP) is 7.73. The molecular weight excluding hydrogens is 550 g/mol. The molecule has 0 aromatic heterocycles. The lowest BCUT2D eigenvalue weighted by Crippen LogP contribution is -2.27. The topological polar surface area (TPSA) is 55.8 Å². The summed E-state index contributed by atoms with van der Waals surface area (Å²) in [5.74, 6) is 0.793. The van der Waals surface area contributed by atoms with E-state index in [9.17, 15) is 9.59 Å². The number of carbonyl (C=O) groups is 2. The van der Waals surface area contributed by atoms with Gasteiger partial charge in [0.15, 0.2) is 11.5 Å². The molecule has 0 saturated carbocycles. The summed E-state index contributed by atoms with van der Waals surface area (Å²) < 4.78 is 12.5. The van der Waals surface area contributed by atoms with Crippen molar-refractivity contribution in [1.29, 1.82) is 0 Å². The molecule has 2 amide bonds. The molecule has 186 valence electrons. The van der Waals surface area contributed by atoms with Crippen LogP contribution in [0.25, 0.3) is 16.8 Å². The number of aryl methyl sites for hydroxylation is 1. The van der Waals surface area contributed by atoms with Crippen molar-refractivity contribution in [2.45, 2.75) is 20.1 Å². The van der Waals surface area contributed by atoms with Crippen LogP contribution in [0.15, 0.2) is 88.2 Å². The molecule has 0 spiro atoms. The van der Waals surface area contributed by atoms with E-state index in [0.29, 0.717) is 27.5 Å². The van der Waals surface area contributed by atoms with Crippen molar-refractivity contribution in [2.75, 3.05) is 7.11 Å². The van der Waals surface area contributed by atoms with E-state index in [-0.39, 0.29) is 17.7 Å². The van der Waals surface area contributed by atoms with Crippen molar-refractivity contribution in [2.24, 2.45) is 0 Å². The molecule has 1 aliphatic rings. The average molecular weight is 574 g/mol. The SMILES string of the molecule is COc1cc(/C=C2\SC(=O)N(Cc3ccc(C)cc3)C2=O)cc(Br)c1OCc1cccc2ccccc12. The first-order chi connectivity index (χ1) is 17.9. The Hall–Kier alpha value is -3.55. The standard InChI is InChI=1S/C30H24BrNO4S/c1-19-10-12-20(13-11-19)17-32-29(33)27(37-30(32)34)16-21-14-25(31)28(26(15-21)35-2)36-18-23-8-5-7-22-6-3-4-9-24(22)23/h3-16H,17-18H2,1-2H3/b27-16-. The van der Waals surface area contributed by atoms with E-state index in [0.717, 1.165) is 44.8 Å². The van der Waals surface area contributed by atoms with E-state index in [2.05, 4.69) is 34.1 Å². The zero-order valence-electron chi connectivity index (χ0n) is 20.4. The third kappa shape index (κ3) is 5.43. The van der Waals surface area contributed by atoms with Crippen LogP contribution in [0.3, 0.4) is 0 Å². The molecule has 1 aliphatic heterocycles. The Kier molecular flexibility index (Phi) is 7.35. The third-order valence-corrected chi connectivity index (χ3v) is 7.63. The van der Waals surface area contributed by atoms with Crippen molar-refractivity contribution >= 4 is 55.7 Å². The van der Waals surface area contributed by atoms with Crippen LogP contribution in [0.5, 0.6) is 11.5 Å². The molecule has 0 bridgehead atoms. The highest BCUT2D eigenvalue weighted by Gasteiger charge is 2.35. The Morgan fingerprint density at radius 3 is 2.51 bits per heavy atom. The molecule has 7 heteroatoms. The van der Waals surface area contributed by atoms with E-state index >= 15 is 0 Å². The molecule has 0 aliphatic carbocycles. The van der Waals surface area contributed by atoms with E-state index in [1.54, 1.807) is 19.3 Å². The van der Waals surface area contributed by atoms with E-state index < -0.39 is 0 Å². The van der Waals surface area contributed by atoms with Crippen molar-refractivity contribution in [3.8, 4) is 11.5 Å². The molecule has 0 unspecified atom stereocenters. The maximum Gasteiger partial charge on any atom is 0.293 e. The van der Waals surface area contributed by atoms with Crippen LogP contribution in [0.1, 0.15) is 22.3 Å². The summed E-state index contributed by atoms with van der Waals surface area (Å²) in [6.07, 6.45) is 1.71. The van der Waals surface area contributed by atoms with Crippen LogP contribution in [0.2, 0.25) is 0 Å². The Balaban J connectivity index is 1.36. The van der Waals surface area contributed by atoms with E-state index in [4.69, 9.17) is 9.47 Å². The zero-order valence-corrected chi connectivity index (χ0v) is 22.8. The highest BCUT2D eigenvalue weighted by molar-refractivity contribution is 9.10. The lowest BCUT2D eigenvalue weighted by Gasteiger charge is -2.15. The van der Waals surface area contributed by atoms with E-state index in [1.807, 2.05) is 61.5 Å². The highest BCUT2D eigenvalue weighted by atomic mass is 79.9. The average Bonchev–Trinajstić information content (AvgIpc) is 3.16. The number of carbonyl (C=O) groups excluding carboxylic acids is 2. The largest absolute Gasteiger partial charge is 0.493 e. The van der Waals surface area contributed by atoms with Crippen molar-refractivity contribution in [3.63, 3.8) is 0 Å². The monoisotopic (exact) mass is 573 g/mol. The quantitative estimate of drug-likeness (QED) is 0.212. The number of rotatable bonds is 7. The number of hydrogen-bond acceptors (Lipinski definition) is 5. The molecule has 1 heterocycles. The second-order valence-electron chi connectivity index (χ2n) is 8.71. The fraction of sp³-hybridized carbons (Fsp3) is 0.133. The number of methoxy groups -OCH3 is 1. The molecule has 5 rings (SSSR count). The summed E-state index contributed by atoms with van der Waals surface area (Å²) >= 11 is 4.54. The number of halogens is 1. The molecular formula is C30H24BrNO4S. The van der Waals surface area contributed by atoms with Gasteiger partial charge in [-0.15, -0.1) is 0 Å². The Morgan fingerprint density at radius 1 is 0.973 bits per heavy atom. The Bertz CT molecular complexity index is 1530. The van der Waals surface area contributed by atoms with Gasteiger partial charge in [0.1, 0.15) is 6.61 Å². The molecule has 0 atom stereocenters. The number of nitrogens with zero attached hydrogens (tertiary/aromatic N) is 1. The van der Waals surface area contributed by atoms with Gasteiger partial charge in [0.2, 0.25) is 0 Å². The van der Waals surface area contributed by atoms with Crippen LogP contribution in [-0.2, 0) is 17.9 Å². The van der Waals surface area contributed by atoms with Gasteiger partial charge in [0.05, 0.1) is 23.0 Å². The van der Waals surface area contributed by atoms with Gasteiger partial charge in [-0.2, -0.15) is 0 Å². The maximum absolute atomic E-state index is 13.0. The summed E-state index contributed by atoms with van der Waals surface area (Å²) in [5, 5.41) is 2.01. The first-order valence-electron chi connectivity index (χ1n) is 11.7. The number of fused-ring (bicyclic) bond motifs is 1. The minimum Gasteiger partial charge on any atom is -0.493 e. The van der Waals surface area contributed by atoms with Crippen molar-refractivity contribution in [3.05, 3.63) is 110 Å².